The van der Waals surface area contributed by atoms with Crippen molar-refractivity contribution < 1.29 is 0 Å². The quantitative estimate of drug-likeness (QED) is 0.774. The van der Waals surface area contributed by atoms with E-state index < -0.39 is 0 Å². The van der Waals surface area contributed by atoms with Crippen molar-refractivity contribution in [2.24, 2.45) is 5.92 Å². The standard InChI is InChI=1S/C14H27N3/c1-2-15-13(10-12-4-3-5-12)14-11-16-6-8-17(14)9-7-16/h12-15H,2-11H2,1H3. The largest absolute Gasteiger partial charge is 0.313 e. The monoisotopic (exact) mass is 237 g/mol. The number of nitrogens with zero attached hydrogens (tertiary/aromatic N) is 2. The third-order valence-corrected chi connectivity index (χ3v) is 5.06. The lowest BCUT2D eigenvalue weighted by Crippen LogP contribution is -2.66. The number of piperazine rings is 3. The lowest BCUT2D eigenvalue weighted by molar-refractivity contribution is -0.00868. The molecule has 3 saturated heterocycles. The maximum absolute atomic E-state index is 3.77. The summed E-state index contributed by atoms with van der Waals surface area (Å²) in [7, 11) is 0. The van der Waals surface area contributed by atoms with E-state index in [1.807, 2.05) is 0 Å². The first-order valence-corrected chi connectivity index (χ1v) is 7.56. The number of hydrogen-bond donors (Lipinski definition) is 1. The van der Waals surface area contributed by atoms with Crippen molar-refractivity contribution in [3.8, 4) is 0 Å². The van der Waals surface area contributed by atoms with Gasteiger partial charge in [0.2, 0.25) is 0 Å². The summed E-state index contributed by atoms with van der Waals surface area (Å²) in [6, 6.07) is 1.53. The zero-order chi connectivity index (χ0) is 11.7. The van der Waals surface area contributed by atoms with E-state index in [4.69, 9.17) is 0 Å². The smallest absolute Gasteiger partial charge is 0.0377 e. The van der Waals surface area contributed by atoms with Crippen LogP contribution in [0, 0.1) is 5.92 Å². The van der Waals surface area contributed by atoms with Crippen LogP contribution in [0.5, 0.6) is 0 Å². The molecule has 2 unspecified atom stereocenters. The molecule has 3 aliphatic heterocycles. The van der Waals surface area contributed by atoms with Crippen molar-refractivity contribution in [2.75, 3.05) is 39.3 Å². The summed E-state index contributed by atoms with van der Waals surface area (Å²) in [5.74, 6) is 1.02. The van der Waals surface area contributed by atoms with Gasteiger partial charge in [-0.1, -0.05) is 26.2 Å². The first-order chi connectivity index (χ1) is 8.36. The zero-order valence-corrected chi connectivity index (χ0v) is 11.2. The number of fused-ring (bicyclic) bond motifs is 3. The van der Waals surface area contributed by atoms with E-state index in [2.05, 4.69) is 22.0 Å². The van der Waals surface area contributed by atoms with Crippen LogP contribution >= 0.6 is 0 Å². The molecule has 1 saturated carbocycles. The molecule has 0 radical (unpaired) electrons. The predicted octanol–water partition coefficient (Wildman–Crippen LogP) is 1.15. The zero-order valence-electron chi connectivity index (χ0n) is 11.2. The fraction of sp³-hybridized carbons (Fsp3) is 1.00. The summed E-state index contributed by atoms with van der Waals surface area (Å²) in [6.07, 6.45) is 5.86. The molecule has 0 aromatic rings. The summed E-state index contributed by atoms with van der Waals surface area (Å²) in [5.41, 5.74) is 0. The minimum atomic E-state index is 0.744. The fourth-order valence-corrected chi connectivity index (χ4v) is 3.77. The van der Waals surface area contributed by atoms with Crippen LogP contribution in [0.1, 0.15) is 32.6 Å². The van der Waals surface area contributed by atoms with Gasteiger partial charge in [-0.25, -0.2) is 0 Å². The highest BCUT2D eigenvalue weighted by atomic mass is 15.4. The van der Waals surface area contributed by atoms with Crippen LogP contribution in [0.4, 0.5) is 0 Å². The average Bonchev–Trinajstić information content (AvgIpc) is 2.33. The Hall–Kier alpha value is -0.120. The predicted molar refractivity (Wildman–Crippen MR) is 71.2 cm³/mol. The lowest BCUT2D eigenvalue weighted by Gasteiger charge is -2.51. The van der Waals surface area contributed by atoms with Gasteiger partial charge in [0.25, 0.3) is 0 Å². The van der Waals surface area contributed by atoms with Gasteiger partial charge in [-0.05, 0) is 18.9 Å². The van der Waals surface area contributed by atoms with Gasteiger partial charge < -0.3 is 5.32 Å². The molecular weight excluding hydrogens is 210 g/mol. The minimum absolute atomic E-state index is 0.744. The minimum Gasteiger partial charge on any atom is -0.313 e. The van der Waals surface area contributed by atoms with E-state index in [0.717, 1.165) is 24.5 Å². The van der Waals surface area contributed by atoms with Crippen molar-refractivity contribution in [3.05, 3.63) is 0 Å². The van der Waals surface area contributed by atoms with Gasteiger partial charge in [0.1, 0.15) is 0 Å². The molecule has 3 heterocycles. The Labute approximate surface area is 106 Å². The Morgan fingerprint density at radius 3 is 2.41 bits per heavy atom. The van der Waals surface area contributed by atoms with Gasteiger partial charge >= 0.3 is 0 Å². The van der Waals surface area contributed by atoms with Crippen LogP contribution in [0.15, 0.2) is 0 Å². The molecule has 3 nitrogen and oxygen atoms in total. The van der Waals surface area contributed by atoms with Crippen molar-refractivity contribution in [2.45, 2.75) is 44.7 Å². The maximum atomic E-state index is 3.77. The molecule has 0 spiro atoms. The second-order valence-electron chi connectivity index (χ2n) is 6.10. The Morgan fingerprint density at radius 1 is 1.18 bits per heavy atom. The van der Waals surface area contributed by atoms with Crippen LogP contribution in [-0.4, -0.2) is 61.2 Å². The average molecular weight is 237 g/mol. The third kappa shape index (κ3) is 2.51. The molecule has 0 amide bonds. The van der Waals surface area contributed by atoms with Crippen LogP contribution in [0.3, 0.4) is 0 Å². The normalized spacial score (nSPS) is 39.0. The summed E-state index contributed by atoms with van der Waals surface area (Å²) >= 11 is 0. The molecule has 1 aliphatic carbocycles. The summed E-state index contributed by atoms with van der Waals surface area (Å²) in [6.45, 7) is 9.91. The van der Waals surface area contributed by atoms with Crippen LogP contribution in [0.2, 0.25) is 0 Å². The number of rotatable bonds is 5. The molecule has 17 heavy (non-hydrogen) atoms. The van der Waals surface area contributed by atoms with E-state index in [9.17, 15) is 0 Å². The Kier molecular flexibility index (Phi) is 3.69. The highest BCUT2D eigenvalue weighted by molar-refractivity contribution is 4.96. The molecule has 0 aromatic heterocycles. The maximum Gasteiger partial charge on any atom is 0.0377 e. The SMILES string of the molecule is CCNC(CC1CCC1)C1CN2CCN1CC2. The molecule has 98 valence electrons. The second-order valence-corrected chi connectivity index (χ2v) is 6.10. The Bertz CT molecular complexity index is 244. The number of likely N-dealkylation sites (N-methyl/N-ethyl adjacent to an activating group) is 1. The van der Waals surface area contributed by atoms with Crippen LogP contribution in [0.25, 0.3) is 0 Å². The van der Waals surface area contributed by atoms with Gasteiger partial charge in [0.05, 0.1) is 0 Å². The molecule has 4 fully saturated rings. The summed E-state index contributed by atoms with van der Waals surface area (Å²) in [4.78, 5) is 5.40. The van der Waals surface area contributed by atoms with E-state index >= 15 is 0 Å². The molecule has 1 N–H and O–H groups in total. The molecular formula is C14H27N3. The van der Waals surface area contributed by atoms with Crippen molar-refractivity contribution in [1.29, 1.82) is 0 Å². The van der Waals surface area contributed by atoms with Crippen molar-refractivity contribution in [3.63, 3.8) is 0 Å². The third-order valence-electron chi connectivity index (χ3n) is 5.06. The molecule has 4 aliphatic rings. The lowest BCUT2D eigenvalue weighted by atomic mass is 9.79. The van der Waals surface area contributed by atoms with Gasteiger partial charge in [0.15, 0.2) is 0 Å². The summed E-state index contributed by atoms with van der Waals surface area (Å²) in [5, 5.41) is 3.77. The highest BCUT2D eigenvalue weighted by Crippen LogP contribution is 2.32. The van der Waals surface area contributed by atoms with Crippen molar-refractivity contribution in [1.82, 2.24) is 15.1 Å². The van der Waals surface area contributed by atoms with Crippen molar-refractivity contribution >= 4 is 0 Å². The van der Waals surface area contributed by atoms with Crippen LogP contribution < -0.4 is 5.32 Å². The molecule has 0 aromatic carbocycles. The molecule has 2 atom stereocenters. The fourth-order valence-electron chi connectivity index (χ4n) is 3.77. The van der Waals surface area contributed by atoms with E-state index in [1.54, 1.807) is 0 Å². The van der Waals surface area contributed by atoms with Crippen LogP contribution in [-0.2, 0) is 0 Å². The van der Waals surface area contributed by atoms with E-state index in [1.165, 1.54) is 58.4 Å². The number of nitrogens with one attached hydrogen (secondary N) is 1. The first kappa shape index (κ1) is 11.9. The van der Waals surface area contributed by atoms with Gasteiger partial charge in [0, 0.05) is 44.8 Å². The Morgan fingerprint density at radius 2 is 1.94 bits per heavy atom. The van der Waals surface area contributed by atoms with E-state index in [0.29, 0.717) is 0 Å². The first-order valence-electron chi connectivity index (χ1n) is 7.56. The van der Waals surface area contributed by atoms with Gasteiger partial charge in [-0.2, -0.15) is 0 Å². The van der Waals surface area contributed by atoms with E-state index in [-0.39, 0.29) is 0 Å². The topological polar surface area (TPSA) is 18.5 Å². The Balaban J connectivity index is 1.61. The van der Waals surface area contributed by atoms with Gasteiger partial charge in [-0.15, -0.1) is 0 Å². The highest BCUT2D eigenvalue weighted by Gasteiger charge is 2.37. The molecule has 3 heteroatoms. The summed E-state index contributed by atoms with van der Waals surface area (Å²) < 4.78 is 0. The molecule has 4 rings (SSSR count). The molecule has 2 bridgehead atoms. The van der Waals surface area contributed by atoms with Gasteiger partial charge in [-0.3, -0.25) is 9.80 Å². The number of hydrogen-bond acceptors (Lipinski definition) is 3. The second kappa shape index (κ2) is 5.25.